The molecule has 0 heterocycles. The van der Waals surface area contributed by atoms with E-state index in [1.165, 1.54) is 0 Å². The number of ether oxygens (including phenoxy) is 1. The fourth-order valence-electron chi connectivity index (χ4n) is 4.45. The summed E-state index contributed by atoms with van der Waals surface area (Å²) in [5.74, 6) is -0.316. The molecule has 37 heavy (non-hydrogen) atoms. The molecule has 0 aliphatic rings. The molecule has 7 heteroatoms. The quantitative estimate of drug-likeness (QED) is 0.325. The highest BCUT2D eigenvalue weighted by molar-refractivity contribution is 5.92. The van der Waals surface area contributed by atoms with E-state index in [0.29, 0.717) is 13.0 Å². The van der Waals surface area contributed by atoms with Crippen LogP contribution in [0.5, 0.6) is 0 Å². The molecule has 210 valence electrons. The average Bonchev–Trinajstić information content (AvgIpc) is 2.75. The lowest BCUT2D eigenvalue weighted by molar-refractivity contribution is -0.143. The number of unbranched alkanes of at least 4 members (excludes halogenated alkanes) is 1. The van der Waals surface area contributed by atoms with Crippen molar-refractivity contribution in [2.45, 2.75) is 125 Å². The van der Waals surface area contributed by atoms with E-state index in [1.807, 2.05) is 52.8 Å². The molecule has 0 saturated heterocycles. The van der Waals surface area contributed by atoms with Crippen LogP contribution in [0.15, 0.2) is 18.2 Å². The maximum Gasteiger partial charge on any atom is 0.408 e. The van der Waals surface area contributed by atoms with Crippen LogP contribution in [0.1, 0.15) is 110 Å². The third-order valence-electron chi connectivity index (χ3n) is 6.12. The van der Waals surface area contributed by atoms with Crippen molar-refractivity contribution in [3.05, 3.63) is 34.9 Å². The van der Waals surface area contributed by atoms with Crippen molar-refractivity contribution in [3.8, 4) is 0 Å². The Morgan fingerprint density at radius 2 is 1.65 bits per heavy atom. The zero-order valence-electron chi connectivity index (χ0n) is 24.9. The van der Waals surface area contributed by atoms with Gasteiger partial charge in [-0.2, -0.15) is 0 Å². The molecule has 3 atom stereocenters. The van der Waals surface area contributed by atoms with E-state index in [-0.39, 0.29) is 23.8 Å². The first-order valence-electron chi connectivity index (χ1n) is 13.9. The molecule has 3 unspecified atom stereocenters. The standard InChI is InChI=1S/C30H51N3O4/c1-11-13-17-33(28(35)25(18-20(3)4)32-29(36)37-30(8,9)10)26(27(34)31-23(7)14-12-2)24-16-15-21(5)19-22(24)6/h15-16,19-20,23,25-26H,11-14,17-18H2,1-10H3,(H,31,34)(H,32,36). The molecule has 0 radical (unpaired) electrons. The lowest BCUT2D eigenvalue weighted by Gasteiger charge is -2.36. The Morgan fingerprint density at radius 3 is 2.16 bits per heavy atom. The Hall–Kier alpha value is -2.57. The highest BCUT2D eigenvalue weighted by atomic mass is 16.6. The van der Waals surface area contributed by atoms with E-state index in [0.717, 1.165) is 42.4 Å². The molecule has 1 aromatic rings. The third-order valence-corrected chi connectivity index (χ3v) is 6.12. The molecular weight excluding hydrogens is 466 g/mol. The van der Waals surface area contributed by atoms with Gasteiger partial charge in [0.1, 0.15) is 17.7 Å². The van der Waals surface area contributed by atoms with Gasteiger partial charge in [0.05, 0.1) is 0 Å². The second-order valence-electron chi connectivity index (χ2n) is 11.7. The van der Waals surface area contributed by atoms with Gasteiger partial charge in [-0.1, -0.05) is 64.3 Å². The van der Waals surface area contributed by atoms with Crippen LogP contribution in [-0.4, -0.2) is 47.0 Å². The predicted octanol–water partition coefficient (Wildman–Crippen LogP) is 6.22. The van der Waals surface area contributed by atoms with Gasteiger partial charge in [-0.25, -0.2) is 4.79 Å². The number of carbonyl (C=O) groups is 3. The van der Waals surface area contributed by atoms with Gasteiger partial charge < -0.3 is 20.3 Å². The van der Waals surface area contributed by atoms with Crippen LogP contribution in [0.3, 0.4) is 0 Å². The molecule has 2 N–H and O–H groups in total. The molecule has 0 saturated carbocycles. The number of alkyl carbamates (subject to hydrolysis) is 1. The van der Waals surface area contributed by atoms with E-state index in [1.54, 1.807) is 25.7 Å². The van der Waals surface area contributed by atoms with Gasteiger partial charge in [0.2, 0.25) is 11.8 Å². The average molecular weight is 518 g/mol. The molecule has 3 amide bonds. The van der Waals surface area contributed by atoms with E-state index in [4.69, 9.17) is 4.74 Å². The van der Waals surface area contributed by atoms with Gasteiger partial charge in [-0.15, -0.1) is 0 Å². The van der Waals surface area contributed by atoms with Crippen LogP contribution in [0.4, 0.5) is 4.79 Å². The van der Waals surface area contributed by atoms with Crippen molar-refractivity contribution in [2.75, 3.05) is 6.54 Å². The van der Waals surface area contributed by atoms with Crippen LogP contribution in [0.2, 0.25) is 0 Å². The second-order valence-corrected chi connectivity index (χ2v) is 11.7. The van der Waals surface area contributed by atoms with E-state index < -0.39 is 23.8 Å². The molecule has 1 aromatic carbocycles. The fraction of sp³-hybridized carbons (Fsp3) is 0.700. The third kappa shape index (κ3) is 11.1. The number of carbonyl (C=O) groups excluding carboxylic acids is 3. The van der Waals surface area contributed by atoms with Crippen molar-refractivity contribution < 1.29 is 19.1 Å². The number of benzene rings is 1. The van der Waals surface area contributed by atoms with Crippen molar-refractivity contribution in [2.24, 2.45) is 5.92 Å². The van der Waals surface area contributed by atoms with Crippen LogP contribution >= 0.6 is 0 Å². The zero-order valence-corrected chi connectivity index (χ0v) is 24.9. The van der Waals surface area contributed by atoms with E-state index >= 15 is 0 Å². The smallest absolute Gasteiger partial charge is 0.408 e. The number of nitrogens with zero attached hydrogens (tertiary/aromatic N) is 1. The Balaban J connectivity index is 3.54. The van der Waals surface area contributed by atoms with Crippen LogP contribution in [0, 0.1) is 19.8 Å². The first-order chi connectivity index (χ1) is 17.2. The summed E-state index contributed by atoms with van der Waals surface area (Å²) >= 11 is 0. The first kappa shape index (κ1) is 32.5. The van der Waals surface area contributed by atoms with Crippen LogP contribution < -0.4 is 10.6 Å². The molecule has 0 bridgehead atoms. The van der Waals surface area contributed by atoms with Gasteiger partial charge >= 0.3 is 6.09 Å². The number of aryl methyl sites for hydroxylation is 2. The number of hydrogen-bond acceptors (Lipinski definition) is 4. The van der Waals surface area contributed by atoms with Crippen molar-refractivity contribution in [3.63, 3.8) is 0 Å². The summed E-state index contributed by atoms with van der Waals surface area (Å²) in [5, 5.41) is 5.95. The predicted molar refractivity (Wildman–Crippen MR) is 150 cm³/mol. The fourth-order valence-corrected chi connectivity index (χ4v) is 4.45. The Bertz CT molecular complexity index is 891. The summed E-state index contributed by atoms with van der Waals surface area (Å²) in [7, 11) is 0. The van der Waals surface area contributed by atoms with Gasteiger partial charge in [0.15, 0.2) is 0 Å². The zero-order chi connectivity index (χ0) is 28.3. The minimum absolute atomic E-state index is 0.0137. The topological polar surface area (TPSA) is 87.7 Å². The van der Waals surface area contributed by atoms with E-state index in [2.05, 4.69) is 24.5 Å². The second kappa shape index (κ2) is 15.0. The molecule has 7 nitrogen and oxygen atoms in total. The van der Waals surface area contributed by atoms with Crippen LogP contribution in [-0.2, 0) is 14.3 Å². The molecule has 0 aromatic heterocycles. The first-order valence-corrected chi connectivity index (χ1v) is 13.9. The van der Waals surface area contributed by atoms with Gasteiger partial charge in [-0.05, 0) is 77.8 Å². The highest BCUT2D eigenvalue weighted by Gasteiger charge is 2.37. The van der Waals surface area contributed by atoms with Crippen molar-refractivity contribution in [1.82, 2.24) is 15.5 Å². The van der Waals surface area contributed by atoms with Crippen LogP contribution in [0.25, 0.3) is 0 Å². The normalized spacial score (nSPS) is 14.0. The summed E-state index contributed by atoms with van der Waals surface area (Å²) in [6.07, 6.45) is 3.21. The summed E-state index contributed by atoms with van der Waals surface area (Å²) in [5.41, 5.74) is 2.17. The minimum atomic E-state index is -0.805. The summed E-state index contributed by atoms with van der Waals surface area (Å²) in [4.78, 5) is 42.3. The van der Waals surface area contributed by atoms with Gasteiger partial charge in [0.25, 0.3) is 0 Å². The molecule has 0 spiro atoms. The number of amides is 3. The molecular formula is C30H51N3O4. The minimum Gasteiger partial charge on any atom is -0.444 e. The number of hydrogen-bond donors (Lipinski definition) is 2. The monoisotopic (exact) mass is 517 g/mol. The molecule has 0 aliphatic heterocycles. The lowest BCUT2D eigenvalue weighted by atomic mass is 9.95. The van der Waals surface area contributed by atoms with Crippen molar-refractivity contribution in [1.29, 1.82) is 0 Å². The Labute approximate surface area is 225 Å². The number of nitrogens with one attached hydrogen (secondary N) is 2. The highest BCUT2D eigenvalue weighted by Crippen LogP contribution is 2.28. The molecule has 1 rings (SSSR count). The van der Waals surface area contributed by atoms with Crippen molar-refractivity contribution >= 4 is 17.9 Å². The summed E-state index contributed by atoms with van der Waals surface area (Å²) in [6.45, 7) is 19.9. The molecule has 0 aliphatic carbocycles. The number of rotatable bonds is 13. The maximum atomic E-state index is 14.2. The summed E-state index contributed by atoms with van der Waals surface area (Å²) in [6, 6.07) is 4.35. The Morgan fingerprint density at radius 1 is 1.00 bits per heavy atom. The van der Waals surface area contributed by atoms with Gasteiger partial charge in [-0.3, -0.25) is 9.59 Å². The maximum absolute atomic E-state index is 14.2. The van der Waals surface area contributed by atoms with E-state index in [9.17, 15) is 14.4 Å². The lowest BCUT2D eigenvalue weighted by Crippen LogP contribution is -2.54. The Kier molecular flexibility index (Phi) is 13.2. The summed E-state index contributed by atoms with van der Waals surface area (Å²) < 4.78 is 5.47. The van der Waals surface area contributed by atoms with Gasteiger partial charge in [0, 0.05) is 12.6 Å². The largest absolute Gasteiger partial charge is 0.444 e. The molecule has 0 fully saturated rings. The SMILES string of the molecule is CCCCN(C(=O)C(CC(C)C)NC(=O)OC(C)(C)C)C(C(=O)NC(C)CCC)c1ccc(C)cc1C.